The zero-order valence-corrected chi connectivity index (χ0v) is 16.4. The highest BCUT2D eigenvalue weighted by Crippen LogP contribution is 2.33. The Hall–Kier alpha value is -2.67. The van der Waals surface area contributed by atoms with Crippen LogP contribution in [0, 0.1) is 0 Å². The van der Waals surface area contributed by atoms with E-state index in [-0.39, 0.29) is 11.7 Å². The summed E-state index contributed by atoms with van der Waals surface area (Å²) in [5, 5.41) is 0. The number of ether oxygens (including phenoxy) is 2. The van der Waals surface area contributed by atoms with E-state index in [1.165, 1.54) is 0 Å². The number of amides is 1. The summed E-state index contributed by atoms with van der Waals surface area (Å²) in [4.78, 5) is 25.1. The smallest absolute Gasteiger partial charge is 0.410 e. The quantitative estimate of drug-likeness (QED) is 0.792. The lowest BCUT2D eigenvalue weighted by Gasteiger charge is -2.37. The largest absolute Gasteiger partial charge is 0.497 e. The third kappa shape index (κ3) is 3.80. The highest BCUT2D eigenvalue weighted by molar-refractivity contribution is 5.70. The lowest BCUT2D eigenvalue weighted by Crippen LogP contribution is -2.46. The molecule has 0 unspecified atom stereocenters. The number of hydrogen-bond donors (Lipinski definition) is 0. The molecule has 148 valence electrons. The van der Waals surface area contributed by atoms with Crippen molar-refractivity contribution in [2.45, 2.75) is 31.9 Å². The predicted molar refractivity (Wildman–Crippen MR) is 105 cm³/mol. The lowest BCUT2D eigenvalue weighted by atomic mass is 9.91. The second-order valence-electron chi connectivity index (χ2n) is 7.48. The van der Waals surface area contributed by atoms with Gasteiger partial charge in [-0.15, -0.1) is 0 Å². The van der Waals surface area contributed by atoms with Crippen molar-refractivity contribution in [1.82, 2.24) is 19.8 Å². The molecule has 2 aliphatic rings. The van der Waals surface area contributed by atoms with Crippen LogP contribution in [0.25, 0.3) is 11.4 Å². The predicted octanol–water partition coefficient (Wildman–Crippen LogP) is 2.96. The molecule has 0 saturated carbocycles. The summed E-state index contributed by atoms with van der Waals surface area (Å²) in [7, 11) is 1.65. The summed E-state index contributed by atoms with van der Waals surface area (Å²) < 4.78 is 10.9. The molecular formula is C21H26N4O3. The summed E-state index contributed by atoms with van der Waals surface area (Å²) in [6, 6.07) is 7.73. The van der Waals surface area contributed by atoms with Crippen molar-refractivity contribution in [3.05, 3.63) is 42.2 Å². The zero-order valence-electron chi connectivity index (χ0n) is 16.4. The third-order valence-corrected chi connectivity index (χ3v) is 5.65. The fourth-order valence-corrected chi connectivity index (χ4v) is 3.90. The highest BCUT2D eigenvalue weighted by atomic mass is 16.6. The fraction of sp³-hybridized carbons (Fsp3) is 0.476. The monoisotopic (exact) mass is 382 g/mol. The van der Waals surface area contributed by atoms with E-state index in [0.717, 1.165) is 55.9 Å². The van der Waals surface area contributed by atoms with Gasteiger partial charge in [0.2, 0.25) is 0 Å². The van der Waals surface area contributed by atoms with Gasteiger partial charge in [-0.05, 0) is 31.2 Å². The molecule has 28 heavy (non-hydrogen) atoms. The number of aromatic nitrogens is 2. The van der Waals surface area contributed by atoms with Crippen LogP contribution in [0.4, 0.5) is 4.79 Å². The molecule has 7 nitrogen and oxygen atoms in total. The van der Waals surface area contributed by atoms with Gasteiger partial charge < -0.3 is 14.4 Å². The van der Waals surface area contributed by atoms with E-state index < -0.39 is 0 Å². The molecule has 2 aliphatic heterocycles. The Bertz CT molecular complexity index is 815. The molecule has 1 spiro atoms. The molecule has 1 aromatic heterocycles. The molecule has 0 atom stereocenters. The minimum atomic E-state index is -0.293. The number of likely N-dealkylation sites (N-methyl/N-ethyl adjacent to an activating group) is 1. The summed E-state index contributed by atoms with van der Waals surface area (Å²) in [5.74, 6) is 1.53. The van der Waals surface area contributed by atoms with Gasteiger partial charge >= 0.3 is 6.09 Å². The van der Waals surface area contributed by atoms with Crippen LogP contribution in [0.15, 0.2) is 36.7 Å². The second kappa shape index (κ2) is 7.75. The molecular weight excluding hydrogens is 356 g/mol. The van der Waals surface area contributed by atoms with Gasteiger partial charge in [-0.1, -0.05) is 0 Å². The first-order valence-electron chi connectivity index (χ1n) is 9.76. The molecule has 1 amide bonds. The third-order valence-electron chi connectivity index (χ3n) is 5.65. The summed E-state index contributed by atoms with van der Waals surface area (Å²) in [5.41, 5.74) is 1.76. The Kier molecular flexibility index (Phi) is 5.17. The first-order valence-corrected chi connectivity index (χ1v) is 9.76. The number of carbonyl (C=O) groups excluding carboxylic acids is 1. The number of hydrogen-bond acceptors (Lipinski definition) is 6. The molecule has 0 radical (unpaired) electrons. The van der Waals surface area contributed by atoms with Crippen LogP contribution < -0.4 is 4.74 Å². The number of benzene rings is 1. The van der Waals surface area contributed by atoms with Crippen molar-refractivity contribution >= 4 is 6.09 Å². The summed E-state index contributed by atoms with van der Waals surface area (Å²) in [6.07, 6.45) is 5.37. The zero-order chi connectivity index (χ0) is 19.6. The van der Waals surface area contributed by atoms with E-state index in [9.17, 15) is 4.79 Å². The Morgan fingerprint density at radius 1 is 1.14 bits per heavy atom. The lowest BCUT2D eigenvalue weighted by molar-refractivity contribution is -0.00126. The van der Waals surface area contributed by atoms with Crippen LogP contribution in [0.5, 0.6) is 5.75 Å². The van der Waals surface area contributed by atoms with Gasteiger partial charge in [0.15, 0.2) is 5.82 Å². The van der Waals surface area contributed by atoms with Crippen LogP contribution in [0.2, 0.25) is 0 Å². The maximum Gasteiger partial charge on any atom is 0.410 e. The van der Waals surface area contributed by atoms with Gasteiger partial charge in [-0.25, -0.2) is 14.8 Å². The Morgan fingerprint density at radius 3 is 2.39 bits per heavy atom. The average Bonchev–Trinajstić information content (AvgIpc) is 3.05. The molecule has 4 rings (SSSR count). The van der Waals surface area contributed by atoms with Crippen LogP contribution in [0.3, 0.4) is 0 Å². The molecule has 2 aromatic rings. The molecule has 0 aliphatic carbocycles. The first-order chi connectivity index (χ1) is 13.6. The first kappa shape index (κ1) is 18.7. The number of likely N-dealkylation sites (tertiary alicyclic amines) is 1. The minimum absolute atomic E-state index is 0.168. The summed E-state index contributed by atoms with van der Waals surface area (Å²) >= 11 is 0. The minimum Gasteiger partial charge on any atom is -0.497 e. The number of piperidine rings is 1. The van der Waals surface area contributed by atoms with Gasteiger partial charge in [-0.3, -0.25) is 4.90 Å². The topological polar surface area (TPSA) is 67.8 Å². The van der Waals surface area contributed by atoms with E-state index in [1.807, 2.05) is 43.6 Å². The fourth-order valence-electron chi connectivity index (χ4n) is 3.90. The molecule has 0 bridgehead atoms. The van der Waals surface area contributed by atoms with Crippen molar-refractivity contribution in [3.63, 3.8) is 0 Å². The number of rotatable bonds is 5. The molecule has 2 saturated heterocycles. The second-order valence-corrected chi connectivity index (χ2v) is 7.48. The number of methoxy groups -OCH3 is 1. The van der Waals surface area contributed by atoms with Gasteiger partial charge in [-0.2, -0.15) is 0 Å². The maximum atomic E-state index is 11.9. The standard InChI is InChI=1S/C21H26N4O3/c1-3-25-15-21(28-20(25)26)8-10-24(11-9-21)14-16-12-22-19(23-13-16)17-4-6-18(27-2)7-5-17/h4-7,12-13H,3,8-11,14-15H2,1-2H3. The van der Waals surface area contributed by atoms with Crippen molar-refractivity contribution < 1.29 is 14.3 Å². The van der Waals surface area contributed by atoms with Gasteiger partial charge in [0.1, 0.15) is 11.4 Å². The van der Waals surface area contributed by atoms with Crippen LogP contribution in [-0.2, 0) is 11.3 Å². The van der Waals surface area contributed by atoms with Crippen LogP contribution >= 0.6 is 0 Å². The van der Waals surface area contributed by atoms with Crippen LogP contribution in [-0.4, -0.2) is 64.8 Å². The van der Waals surface area contributed by atoms with Crippen molar-refractivity contribution in [2.24, 2.45) is 0 Å². The Labute approximate surface area is 165 Å². The molecule has 0 N–H and O–H groups in total. The van der Waals surface area contributed by atoms with Crippen molar-refractivity contribution in [1.29, 1.82) is 0 Å². The van der Waals surface area contributed by atoms with Gasteiger partial charge in [0.25, 0.3) is 0 Å². The Morgan fingerprint density at radius 2 is 1.82 bits per heavy atom. The van der Waals surface area contributed by atoms with Crippen molar-refractivity contribution in [3.8, 4) is 17.1 Å². The summed E-state index contributed by atoms with van der Waals surface area (Å²) in [6.45, 7) is 6.05. The Balaban J connectivity index is 1.33. The van der Waals surface area contributed by atoms with E-state index >= 15 is 0 Å². The van der Waals surface area contributed by atoms with E-state index in [2.05, 4.69) is 14.9 Å². The highest BCUT2D eigenvalue weighted by Gasteiger charge is 2.46. The molecule has 3 heterocycles. The van der Waals surface area contributed by atoms with E-state index in [4.69, 9.17) is 9.47 Å². The SMILES string of the molecule is CCN1CC2(CCN(Cc3cnc(-c4ccc(OC)cc4)nc3)CC2)OC1=O. The van der Waals surface area contributed by atoms with Gasteiger partial charge in [0, 0.05) is 62.5 Å². The normalized spacial score (nSPS) is 19.1. The van der Waals surface area contributed by atoms with Crippen molar-refractivity contribution in [2.75, 3.05) is 33.3 Å². The average molecular weight is 382 g/mol. The molecule has 1 aromatic carbocycles. The molecule has 7 heteroatoms. The number of nitrogens with zero attached hydrogens (tertiary/aromatic N) is 4. The van der Waals surface area contributed by atoms with Gasteiger partial charge in [0.05, 0.1) is 13.7 Å². The maximum absolute atomic E-state index is 11.9. The van der Waals surface area contributed by atoms with E-state index in [1.54, 1.807) is 12.0 Å². The van der Waals surface area contributed by atoms with Crippen LogP contribution in [0.1, 0.15) is 25.3 Å². The number of carbonyl (C=O) groups is 1. The van der Waals surface area contributed by atoms with E-state index in [0.29, 0.717) is 12.4 Å². The molecule has 2 fully saturated rings.